The zero-order valence-electron chi connectivity index (χ0n) is 17.6. The monoisotopic (exact) mass is 366 g/mol. The lowest BCUT2D eigenvalue weighted by molar-refractivity contribution is -0.201. The molecule has 4 nitrogen and oxygen atoms in total. The number of epoxide rings is 1. The zero-order chi connectivity index (χ0) is 19.4. The number of fused-ring (bicyclic) bond motifs is 1. The summed E-state index contributed by atoms with van der Waals surface area (Å²) in [6.07, 6.45) is 7.27. The Morgan fingerprint density at radius 1 is 1.23 bits per heavy atom. The largest absolute Gasteiger partial charge is 0.459 e. The van der Waals surface area contributed by atoms with E-state index >= 15 is 0 Å². The van der Waals surface area contributed by atoms with Crippen molar-refractivity contribution in [1.82, 2.24) is 0 Å². The Bertz CT molecular complexity index is 550. The van der Waals surface area contributed by atoms with Crippen LogP contribution in [0.4, 0.5) is 0 Å². The van der Waals surface area contributed by atoms with E-state index < -0.39 is 11.2 Å². The van der Waals surface area contributed by atoms with Crippen molar-refractivity contribution < 1.29 is 19.4 Å². The molecule has 3 fully saturated rings. The zero-order valence-corrected chi connectivity index (χ0v) is 17.6. The van der Waals surface area contributed by atoms with E-state index in [1.54, 1.807) is 0 Å². The van der Waals surface area contributed by atoms with Crippen molar-refractivity contribution in [1.29, 1.82) is 0 Å². The Morgan fingerprint density at radius 2 is 1.88 bits per heavy atom. The predicted molar refractivity (Wildman–Crippen MR) is 102 cm³/mol. The number of rotatable bonds is 5. The van der Waals surface area contributed by atoms with Gasteiger partial charge < -0.3 is 14.6 Å². The van der Waals surface area contributed by atoms with Crippen LogP contribution in [0, 0.1) is 22.7 Å². The Hall–Kier alpha value is -0.610. The lowest BCUT2D eigenvalue weighted by Crippen LogP contribution is -2.59. The summed E-state index contributed by atoms with van der Waals surface area (Å²) in [6.45, 7) is 13.4. The van der Waals surface area contributed by atoms with Crippen LogP contribution in [0.15, 0.2) is 0 Å². The van der Waals surface area contributed by atoms with Gasteiger partial charge in [-0.2, -0.15) is 0 Å². The minimum absolute atomic E-state index is 0.0301. The van der Waals surface area contributed by atoms with E-state index in [9.17, 15) is 9.90 Å². The first-order chi connectivity index (χ1) is 11.9. The van der Waals surface area contributed by atoms with Crippen molar-refractivity contribution in [3.05, 3.63) is 0 Å². The van der Waals surface area contributed by atoms with E-state index in [1.807, 2.05) is 6.92 Å². The molecule has 0 spiro atoms. The quantitative estimate of drug-likeness (QED) is 0.576. The second kappa shape index (κ2) is 6.48. The van der Waals surface area contributed by atoms with Crippen LogP contribution in [-0.2, 0) is 14.3 Å². The molecule has 0 aromatic rings. The second-order valence-corrected chi connectivity index (χ2v) is 10.6. The minimum Gasteiger partial charge on any atom is -0.459 e. The summed E-state index contributed by atoms with van der Waals surface area (Å²) in [7, 11) is 0. The highest BCUT2D eigenvalue weighted by Gasteiger charge is 2.59. The van der Waals surface area contributed by atoms with E-state index in [4.69, 9.17) is 9.47 Å². The van der Waals surface area contributed by atoms with Gasteiger partial charge in [0.2, 0.25) is 0 Å². The second-order valence-electron chi connectivity index (χ2n) is 10.6. The number of ether oxygens (including phenoxy) is 2. The normalized spacial score (nSPS) is 43.9. The molecule has 26 heavy (non-hydrogen) atoms. The first kappa shape index (κ1) is 20.1. The molecule has 3 aliphatic rings. The lowest BCUT2D eigenvalue weighted by atomic mass is 9.45. The van der Waals surface area contributed by atoms with Crippen molar-refractivity contribution in [2.45, 2.75) is 104 Å². The Kier molecular flexibility index (Phi) is 5.02. The number of hydrogen-bond acceptors (Lipinski definition) is 4. The molecule has 0 aromatic heterocycles. The molecule has 0 radical (unpaired) electrons. The third-order valence-electron chi connectivity index (χ3n) is 8.08. The molecule has 1 saturated heterocycles. The molecular weight excluding hydrogens is 328 g/mol. The molecule has 1 N–H and O–H groups in total. The smallest absolute Gasteiger partial charge is 0.303 e. The van der Waals surface area contributed by atoms with Crippen molar-refractivity contribution in [2.75, 3.05) is 6.61 Å². The van der Waals surface area contributed by atoms with E-state index in [-0.39, 0.29) is 23.4 Å². The molecule has 4 heteroatoms. The number of carbonyl (C=O) groups excluding carboxylic acids is 1. The van der Waals surface area contributed by atoms with Gasteiger partial charge in [0.1, 0.15) is 11.7 Å². The summed E-state index contributed by atoms with van der Waals surface area (Å²) in [4.78, 5) is 11.9. The maximum atomic E-state index is 11.9. The van der Waals surface area contributed by atoms with Crippen LogP contribution < -0.4 is 0 Å². The van der Waals surface area contributed by atoms with Crippen LogP contribution >= 0.6 is 0 Å². The molecule has 1 heterocycles. The highest BCUT2D eigenvalue weighted by Crippen LogP contribution is 2.63. The molecule has 6 atom stereocenters. The minimum atomic E-state index is -0.787. The molecule has 0 bridgehead atoms. The Balaban J connectivity index is 1.89. The summed E-state index contributed by atoms with van der Waals surface area (Å²) in [5.41, 5.74) is -0.759. The van der Waals surface area contributed by atoms with Gasteiger partial charge in [-0.25, -0.2) is 0 Å². The highest BCUT2D eigenvalue weighted by molar-refractivity contribution is 5.66. The molecule has 0 aromatic carbocycles. The van der Waals surface area contributed by atoms with Gasteiger partial charge in [-0.15, -0.1) is 0 Å². The molecular formula is C22H38O4. The summed E-state index contributed by atoms with van der Waals surface area (Å²) in [5.74, 6) is 0.717. The summed E-state index contributed by atoms with van der Waals surface area (Å²) < 4.78 is 11.3. The molecule has 1 unspecified atom stereocenters. The molecule has 3 rings (SSSR count). The topological polar surface area (TPSA) is 59.1 Å². The van der Waals surface area contributed by atoms with Crippen LogP contribution in [0.1, 0.15) is 86.5 Å². The van der Waals surface area contributed by atoms with Crippen LogP contribution in [0.5, 0.6) is 0 Å². The number of carbonyl (C=O) groups is 1. The van der Waals surface area contributed by atoms with Gasteiger partial charge in [0, 0.05) is 12.8 Å². The summed E-state index contributed by atoms with van der Waals surface area (Å²) in [6, 6.07) is 0. The van der Waals surface area contributed by atoms with Crippen LogP contribution in [0.2, 0.25) is 0 Å². The third-order valence-corrected chi connectivity index (χ3v) is 8.08. The predicted octanol–water partition coefficient (Wildman–Crippen LogP) is 4.48. The van der Waals surface area contributed by atoms with Gasteiger partial charge in [0.15, 0.2) is 0 Å². The molecule has 150 valence electrons. The van der Waals surface area contributed by atoms with Crippen LogP contribution in [-0.4, -0.2) is 35.0 Å². The molecule has 2 aliphatic carbocycles. The fourth-order valence-electron chi connectivity index (χ4n) is 6.70. The fraction of sp³-hybridized carbons (Fsp3) is 0.955. The standard InChI is InChI=1S/C22H38O4/c1-15(23)26-22(6)13-9-16-19(2,3)10-7-11-20(16,4)17(22)8-12-21(5,24)18-14-25-18/h16-18,24H,7-14H2,1-6H3/t16-,17+,18?,20-,21-,22-/m1/s1. The van der Waals surface area contributed by atoms with E-state index in [2.05, 4.69) is 27.7 Å². The lowest BCUT2D eigenvalue weighted by Gasteiger charge is -2.62. The first-order valence-corrected chi connectivity index (χ1v) is 10.4. The Morgan fingerprint density at radius 3 is 2.46 bits per heavy atom. The van der Waals surface area contributed by atoms with Gasteiger partial charge >= 0.3 is 5.97 Å². The third kappa shape index (κ3) is 3.56. The fourth-order valence-corrected chi connectivity index (χ4v) is 6.70. The van der Waals surface area contributed by atoms with Crippen LogP contribution in [0.25, 0.3) is 0 Å². The summed E-state index contributed by atoms with van der Waals surface area (Å²) >= 11 is 0. The van der Waals surface area contributed by atoms with Gasteiger partial charge in [-0.05, 0) is 69.1 Å². The maximum Gasteiger partial charge on any atom is 0.303 e. The highest BCUT2D eigenvalue weighted by atomic mass is 16.6. The Labute approximate surface area is 159 Å². The van der Waals surface area contributed by atoms with E-state index in [0.717, 1.165) is 19.3 Å². The molecule has 0 amide bonds. The van der Waals surface area contributed by atoms with Crippen molar-refractivity contribution in [3.63, 3.8) is 0 Å². The van der Waals surface area contributed by atoms with Crippen molar-refractivity contribution in [2.24, 2.45) is 22.7 Å². The molecule has 1 aliphatic heterocycles. The number of esters is 1. The van der Waals surface area contributed by atoms with Gasteiger partial charge in [0.05, 0.1) is 12.2 Å². The SMILES string of the molecule is CC(=O)O[C@]1(C)CC[C@@H]2C(C)(C)CCC[C@@]2(C)[C@@H]1CC[C@@](C)(O)C1CO1. The summed E-state index contributed by atoms with van der Waals surface area (Å²) in [5, 5.41) is 10.8. The van der Waals surface area contributed by atoms with Gasteiger partial charge in [-0.3, -0.25) is 4.79 Å². The maximum absolute atomic E-state index is 11.9. The van der Waals surface area contributed by atoms with Crippen molar-refractivity contribution in [3.8, 4) is 0 Å². The van der Waals surface area contributed by atoms with Crippen LogP contribution in [0.3, 0.4) is 0 Å². The molecule has 2 saturated carbocycles. The average Bonchev–Trinajstić information content (AvgIpc) is 3.29. The number of aliphatic hydroxyl groups is 1. The van der Waals surface area contributed by atoms with Crippen molar-refractivity contribution >= 4 is 5.97 Å². The van der Waals surface area contributed by atoms with E-state index in [0.29, 0.717) is 24.4 Å². The first-order valence-electron chi connectivity index (χ1n) is 10.4. The van der Waals surface area contributed by atoms with Gasteiger partial charge in [0.25, 0.3) is 0 Å². The van der Waals surface area contributed by atoms with E-state index in [1.165, 1.54) is 26.2 Å². The average molecular weight is 367 g/mol. The number of hydrogen-bond donors (Lipinski definition) is 1. The van der Waals surface area contributed by atoms with Gasteiger partial charge in [-0.1, -0.05) is 27.2 Å².